The molecule has 0 aliphatic carbocycles. The molecule has 22 heavy (non-hydrogen) atoms. The minimum atomic E-state index is -0.956. The number of carbonyl (C=O) groups excluding carboxylic acids is 1. The second-order valence-electron chi connectivity index (χ2n) is 4.99. The Balaban J connectivity index is 2.00. The number of aliphatic carboxylic acids is 1. The maximum Gasteiger partial charge on any atom is 0.305 e. The van der Waals surface area contributed by atoms with Crippen LogP contribution in [0.15, 0.2) is 36.7 Å². The number of carboxylic acids is 1. The van der Waals surface area contributed by atoms with Crippen molar-refractivity contribution in [1.29, 1.82) is 0 Å². The second-order valence-corrected chi connectivity index (χ2v) is 5.40. The van der Waals surface area contributed by atoms with Gasteiger partial charge in [-0.05, 0) is 18.6 Å². The molecule has 0 radical (unpaired) electrons. The molecule has 2 N–H and O–H groups in total. The van der Waals surface area contributed by atoms with Gasteiger partial charge in [0.05, 0.1) is 24.7 Å². The Morgan fingerprint density at radius 2 is 2.14 bits per heavy atom. The maximum absolute atomic E-state index is 12.0. The highest BCUT2D eigenvalue weighted by Crippen LogP contribution is 2.16. The summed E-state index contributed by atoms with van der Waals surface area (Å²) in [7, 11) is 0. The van der Waals surface area contributed by atoms with Crippen molar-refractivity contribution in [3.05, 3.63) is 52.8 Å². The number of amides is 1. The second kappa shape index (κ2) is 7.09. The van der Waals surface area contributed by atoms with E-state index in [2.05, 4.69) is 10.4 Å². The van der Waals surface area contributed by atoms with Gasteiger partial charge in [0.25, 0.3) is 5.91 Å². The molecule has 2 aromatic rings. The number of carboxylic acid groups (broad SMARTS) is 1. The van der Waals surface area contributed by atoms with E-state index in [4.69, 9.17) is 16.7 Å². The summed E-state index contributed by atoms with van der Waals surface area (Å²) in [5.41, 5.74) is 1.28. The third-order valence-corrected chi connectivity index (χ3v) is 3.41. The molecule has 1 unspecified atom stereocenters. The number of hydrogen-bond acceptors (Lipinski definition) is 3. The van der Waals surface area contributed by atoms with E-state index in [1.165, 1.54) is 6.20 Å². The fourth-order valence-electron chi connectivity index (χ4n) is 1.99. The van der Waals surface area contributed by atoms with E-state index in [0.717, 1.165) is 5.56 Å². The van der Waals surface area contributed by atoms with Crippen molar-refractivity contribution in [3.63, 3.8) is 0 Å². The summed E-state index contributed by atoms with van der Waals surface area (Å²) < 4.78 is 1.61. The zero-order chi connectivity index (χ0) is 16.1. The molecule has 0 aliphatic rings. The van der Waals surface area contributed by atoms with Gasteiger partial charge in [-0.1, -0.05) is 29.8 Å². The van der Waals surface area contributed by atoms with Crippen LogP contribution in [0, 0.1) is 0 Å². The molecule has 0 bridgehead atoms. The first kappa shape index (κ1) is 16.0. The molecule has 0 spiro atoms. The Bertz CT molecular complexity index is 684. The van der Waals surface area contributed by atoms with Crippen LogP contribution in [-0.2, 0) is 11.3 Å². The Hall–Kier alpha value is -2.34. The highest BCUT2D eigenvalue weighted by molar-refractivity contribution is 6.31. The van der Waals surface area contributed by atoms with Gasteiger partial charge >= 0.3 is 5.97 Å². The lowest BCUT2D eigenvalue weighted by molar-refractivity contribution is -0.137. The standard InChI is InChI=1S/C15H16ClN3O3/c1-10(6-14(20)21)18-15(22)12-7-17-19(9-12)8-11-4-2-3-5-13(11)16/h2-5,7,9-10H,6,8H2,1H3,(H,18,22)(H,20,21). The van der Waals surface area contributed by atoms with Crippen LogP contribution in [0.4, 0.5) is 0 Å². The van der Waals surface area contributed by atoms with E-state index in [9.17, 15) is 9.59 Å². The van der Waals surface area contributed by atoms with Gasteiger partial charge in [-0.3, -0.25) is 14.3 Å². The monoisotopic (exact) mass is 321 g/mol. The topological polar surface area (TPSA) is 84.2 Å². The summed E-state index contributed by atoms with van der Waals surface area (Å²) in [5.74, 6) is -1.30. The highest BCUT2D eigenvalue weighted by Gasteiger charge is 2.14. The first-order valence-electron chi connectivity index (χ1n) is 6.74. The average molecular weight is 322 g/mol. The fraction of sp³-hybridized carbons (Fsp3) is 0.267. The van der Waals surface area contributed by atoms with Crippen LogP contribution >= 0.6 is 11.6 Å². The molecule has 1 atom stereocenters. The molecule has 7 heteroatoms. The number of carbonyl (C=O) groups is 2. The SMILES string of the molecule is CC(CC(=O)O)NC(=O)c1cnn(Cc2ccccc2Cl)c1. The largest absolute Gasteiger partial charge is 0.481 e. The van der Waals surface area contributed by atoms with Gasteiger partial charge in [-0.25, -0.2) is 0 Å². The fourth-order valence-corrected chi connectivity index (χ4v) is 2.18. The van der Waals surface area contributed by atoms with Crippen molar-refractivity contribution in [1.82, 2.24) is 15.1 Å². The molecule has 0 fully saturated rings. The van der Waals surface area contributed by atoms with E-state index in [0.29, 0.717) is 17.1 Å². The lowest BCUT2D eigenvalue weighted by Gasteiger charge is -2.10. The third kappa shape index (κ3) is 4.33. The minimum absolute atomic E-state index is 0.125. The summed E-state index contributed by atoms with van der Waals surface area (Å²) in [5, 5.41) is 16.1. The van der Waals surface area contributed by atoms with Gasteiger partial charge < -0.3 is 10.4 Å². The Morgan fingerprint density at radius 3 is 2.82 bits per heavy atom. The predicted molar refractivity (Wildman–Crippen MR) is 82.0 cm³/mol. The van der Waals surface area contributed by atoms with Gasteiger partial charge in [0.15, 0.2) is 0 Å². The predicted octanol–water partition coefficient (Wildman–Crippen LogP) is 2.18. The van der Waals surface area contributed by atoms with E-state index in [1.54, 1.807) is 23.9 Å². The number of benzene rings is 1. The van der Waals surface area contributed by atoms with Crippen LogP contribution in [-0.4, -0.2) is 32.8 Å². The van der Waals surface area contributed by atoms with Crippen LogP contribution in [0.3, 0.4) is 0 Å². The summed E-state index contributed by atoms with van der Waals surface area (Å²) in [6, 6.07) is 6.96. The average Bonchev–Trinajstić information content (AvgIpc) is 2.89. The quantitative estimate of drug-likeness (QED) is 0.854. The van der Waals surface area contributed by atoms with E-state index in [-0.39, 0.29) is 12.3 Å². The lowest BCUT2D eigenvalue weighted by Crippen LogP contribution is -2.34. The first-order valence-corrected chi connectivity index (χ1v) is 7.12. The van der Waals surface area contributed by atoms with Crippen LogP contribution in [0.2, 0.25) is 5.02 Å². The molecule has 116 valence electrons. The number of aromatic nitrogens is 2. The molecule has 0 saturated carbocycles. The Kier molecular flexibility index (Phi) is 5.16. The van der Waals surface area contributed by atoms with Crippen molar-refractivity contribution in [2.75, 3.05) is 0 Å². The summed E-state index contributed by atoms with van der Waals surface area (Å²) in [6.07, 6.45) is 2.92. The Morgan fingerprint density at radius 1 is 1.41 bits per heavy atom. The number of halogens is 1. The van der Waals surface area contributed by atoms with Crippen LogP contribution in [0.1, 0.15) is 29.3 Å². The maximum atomic E-state index is 12.0. The highest BCUT2D eigenvalue weighted by atomic mass is 35.5. The molecule has 1 amide bonds. The van der Waals surface area contributed by atoms with E-state index in [1.807, 2.05) is 18.2 Å². The van der Waals surface area contributed by atoms with Crippen molar-refractivity contribution < 1.29 is 14.7 Å². The van der Waals surface area contributed by atoms with Gasteiger partial charge in [-0.15, -0.1) is 0 Å². The molecular formula is C15H16ClN3O3. The summed E-state index contributed by atoms with van der Waals surface area (Å²) >= 11 is 6.08. The van der Waals surface area contributed by atoms with Crippen LogP contribution < -0.4 is 5.32 Å². The van der Waals surface area contributed by atoms with Gasteiger partial charge in [0.2, 0.25) is 0 Å². The zero-order valence-electron chi connectivity index (χ0n) is 12.0. The van der Waals surface area contributed by atoms with Gasteiger partial charge in [0, 0.05) is 17.3 Å². The molecule has 1 aromatic heterocycles. The normalized spacial score (nSPS) is 11.9. The Labute approximate surface area is 132 Å². The zero-order valence-corrected chi connectivity index (χ0v) is 12.7. The minimum Gasteiger partial charge on any atom is -0.481 e. The number of hydrogen-bond donors (Lipinski definition) is 2. The van der Waals surface area contributed by atoms with Crippen LogP contribution in [0.5, 0.6) is 0 Å². The molecule has 0 saturated heterocycles. The van der Waals surface area contributed by atoms with Crippen molar-refractivity contribution >= 4 is 23.5 Å². The summed E-state index contributed by atoms with van der Waals surface area (Å²) in [6.45, 7) is 2.10. The summed E-state index contributed by atoms with van der Waals surface area (Å²) in [4.78, 5) is 22.6. The molecule has 2 rings (SSSR count). The third-order valence-electron chi connectivity index (χ3n) is 3.04. The number of nitrogens with zero attached hydrogens (tertiary/aromatic N) is 2. The molecule has 6 nitrogen and oxygen atoms in total. The van der Waals surface area contributed by atoms with E-state index >= 15 is 0 Å². The molecule has 0 aliphatic heterocycles. The lowest BCUT2D eigenvalue weighted by atomic mass is 10.2. The molecular weight excluding hydrogens is 306 g/mol. The number of rotatable bonds is 6. The van der Waals surface area contributed by atoms with Gasteiger partial charge in [0.1, 0.15) is 0 Å². The number of nitrogens with one attached hydrogen (secondary N) is 1. The first-order chi connectivity index (χ1) is 10.5. The molecule has 1 heterocycles. The van der Waals surface area contributed by atoms with Crippen LogP contribution in [0.25, 0.3) is 0 Å². The van der Waals surface area contributed by atoms with Crippen molar-refractivity contribution in [2.24, 2.45) is 0 Å². The molecule has 1 aromatic carbocycles. The van der Waals surface area contributed by atoms with E-state index < -0.39 is 12.0 Å². The smallest absolute Gasteiger partial charge is 0.305 e. The van der Waals surface area contributed by atoms with Crippen molar-refractivity contribution in [2.45, 2.75) is 25.9 Å². The van der Waals surface area contributed by atoms with Gasteiger partial charge in [-0.2, -0.15) is 5.10 Å². The van der Waals surface area contributed by atoms with Crippen molar-refractivity contribution in [3.8, 4) is 0 Å².